The zero-order valence-electron chi connectivity index (χ0n) is 15.2. The van der Waals surface area contributed by atoms with E-state index in [0.29, 0.717) is 28.7 Å². The zero-order valence-corrected chi connectivity index (χ0v) is 16.8. The van der Waals surface area contributed by atoms with Gasteiger partial charge in [-0.2, -0.15) is 0 Å². The first kappa shape index (κ1) is 18.1. The molecule has 3 saturated heterocycles. The molecule has 0 aliphatic carbocycles. The highest BCUT2D eigenvalue weighted by Crippen LogP contribution is 2.41. The Morgan fingerprint density at radius 1 is 1.17 bits per heavy atom. The van der Waals surface area contributed by atoms with E-state index in [1.807, 2.05) is 4.90 Å². The summed E-state index contributed by atoms with van der Waals surface area (Å²) in [6, 6.07) is 8.99. The normalized spacial score (nSPS) is 20.4. The molecular weight excluding hydrogens is 412 g/mol. The maximum absolute atomic E-state index is 12.6. The summed E-state index contributed by atoms with van der Waals surface area (Å²) in [6.07, 6.45) is 2.51. The minimum absolute atomic E-state index is 0.123. The van der Waals surface area contributed by atoms with Crippen molar-refractivity contribution in [1.29, 1.82) is 0 Å². The molecule has 148 valence electrons. The Bertz CT molecular complexity index is 1110. The van der Waals surface area contributed by atoms with Gasteiger partial charge in [0.1, 0.15) is 6.33 Å². The van der Waals surface area contributed by atoms with Crippen LogP contribution in [-0.2, 0) is 0 Å². The van der Waals surface area contributed by atoms with Gasteiger partial charge in [-0.15, -0.1) is 11.3 Å². The van der Waals surface area contributed by atoms with Crippen molar-refractivity contribution in [3.8, 4) is 0 Å². The number of piperazine rings is 1. The molecule has 6 rings (SSSR count). The predicted octanol–water partition coefficient (Wildman–Crippen LogP) is 2.94. The fourth-order valence-electron chi connectivity index (χ4n) is 4.00. The van der Waals surface area contributed by atoms with Crippen LogP contribution in [0.25, 0.3) is 10.2 Å². The molecule has 1 aromatic carbocycles. The van der Waals surface area contributed by atoms with Crippen molar-refractivity contribution >= 4 is 56.6 Å². The summed E-state index contributed by atoms with van der Waals surface area (Å²) >= 11 is 7.21. The van der Waals surface area contributed by atoms with E-state index in [0.717, 1.165) is 22.5 Å². The van der Waals surface area contributed by atoms with Crippen molar-refractivity contribution in [3.05, 3.63) is 46.6 Å². The molecule has 3 aliphatic heterocycles. The van der Waals surface area contributed by atoms with E-state index in [9.17, 15) is 9.59 Å². The number of benzene rings is 1. The number of anilines is 2. The van der Waals surface area contributed by atoms with E-state index >= 15 is 0 Å². The number of thiophene rings is 1. The Morgan fingerprint density at radius 3 is 2.59 bits per heavy atom. The topological polar surface area (TPSA) is 104 Å². The average molecular weight is 429 g/mol. The number of rotatable bonds is 3. The zero-order chi connectivity index (χ0) is 20.1. The average Bonchev–Trinajstić information content (AvgIpc) is 3.15. The summed E-state index contributed by atoms with van der Waals surface area (Å²) < 4.78 is 0.857. The maximum Gasteiger partial charge on any atom is 0.321 e. The number of piperidine rings is 1. The second-order valence-corrected chi connectivity index (χ2v) is 8.67. The third-order valence-corrected chi connectivity index (χ3v) is 6.74. The molecule has 2 bridgehead atoms. The number of halogens is 1. The third kappa shape index (κ3) is 3.16. The molecule has 8 nitrogen and oxygen atoms in total. The summed E-state index contributed by atoms with van der Waals surface area (Å²) in [5.41, 5.74) is 6.85. The smallest absolute Gasteiger partial charge is 0.321 e. The SMILES string of the molecule is NC(=O)c1cc2ncnc(N3[C@@H]4C[C@H]3CN(C(=O)Nc3ccc(Cl)cc3)C4)c2s1. The number of fused-ring (bicyclic) bond motifs is 3. The highest BCUT2D eigenvalue weighted by atomic mass is 35.5. The van der Waals surface area contributed by atoms with Crippen molar-refractivity contribution in [2.24, 2.45) is 5.73 Å². The molecule has 0 spiro atoms. The number of primary amides is 1. The van der Waals surface area contributed by atoms with E-state index in [1.165, 1.54) is 17.7 Å². The summed E-state index contributed by atoms with van der Waals surface area (Å²) in [5, 5.41) is 3.54. The number of urea groups is 1. The van der Waals surface area contributed by atoms with Gasteiger partial charge < -0.3 is 20.9 Å². The molecule has 10 heteroatoms. The number of hydrogen-bond acceptors (Lipinski definition) is 6. The minimum Gasteiger partial charge on any atom is -0.365 e. The Morgan fingerprint density at radius 2 is 1.90 bits per heavy atom. The number of nitrogens with one attached hydrogen (secondary N) is 1. The van der Waals surface area contributed by atoms with Gasteiger partial charge in [0.25, 0.3) is 5.91 Å². The van der Waals surface area contributed by atoms with Gasteiger partial charge in [0.15, 0.2) is 5.82 Å². The fraction of sp³-hybridized carbons (Fsp3) is 0.263. The number of hydrogen-bond donors (Lipinski definition) is 2. The Balaban J connectivity index is 1.33. The summed E-state index contributed by atoms with van der Waals surface area (Å²) in [5.74, 6) is 0.347. The second-order valence-electron chi connectivity index (χ2n) is 7.18. The lowest BCUT2D eigenvalue weighted by Crippen LogP contribution is -2.70. The number of aromatic nitrogens is 2. The molecule has 3 aromatic rings. The highest BCUT2D eigenvalue weighted by molar-refractivity contribution is 7.21. The molecule has 0 unspecified atom stereocenters. The van der Waals surface area contributed by atoms with Crippen LogP contribution in [0.2, 0.25) is 5.02 Å². The van der Waals surface area contributed by atoms with Crippen molar-refractivity contribution in [2.75, 3.05) is 23.3 Å². The van der Waals surface area contributed by atoms with Gasteiger partial charge in [-0.1, -0.05) is 11.6 Å². The number of nitrogens with zero attached hydrogens (tertiary/aromatic N) is 4. The molecule has 0 saturated carbocycles. The Hall–Kier alpha value is -2.91. The van der Waals surface area contributed by atoms with Gasteiger partial charge in [-0.3, -0.25) is 4.79 Å². The predicted molar refractivity (Wildman–Crippen MR) is 113 cm³/mol. The lowest BCUT2D eigenvalue weighted by atomic mass is 9.87. The monoisotopic (exact) mass is 428 g/mol. The van der Waals surface area contributed by atoms with E-state index in [-0.39, 0.29) is 18.1 Å². The van der Waals surface area contributed by atoms with Gasteiger partial charge in [0.05, 0.1) is 27.2 Å². The molecule has 5 heterocycles. The van der Waals surface area contributed by atoms with Gasteiger partial charge in [-0.25, -0.2) is 14.8 Å². The van der Waals surface area contributed by atoms with Gasteiger partial charge in [0.2, 0.25) is 0 Å². The molecule has 0 radical (unpaired) electrons. The van der Waals surface area contributed by atoms with Crippen LogP contribution in [0.3, 0.4) is 0 Å². The van der Waals surface area contributed by atoms with E-state index in [1.54, 1.807) is 30.3 Å². The summed E-state index contributed by atoms with van der Waals surface area (Å²) in [4.78, 5) is 37.4. The van der Waals surface area contributed by atoms with Gasteiger partial charge >= 0.3 is 6.03 Å². The van der Waals surface area contributed by atoms with Crippen LogP contribution < -0.4 is 16.0 Å². The molecular formula is C19H17ClN6O2S. The van der Waals surface area contributed by atoms with Crippen molar-refractivity contribution in [1.82, 2.24) is 14.9 Å². The summed E-state index contributed by atoms with van der Waals surface area (Å²) in [6.45, 7) is 1.21. The molecule has 3 N–H and O–H groups in total. The van der Waals surface area contributed by atoms with Crippen LogP contribution in [0.4, 0.5) is 16.3 Å². The molecule has 3 fully saturated rings. The van der Waals surface area contributed by atoms with Crippen LogP contribution >= 0.6 is 22.9 Å². The third-order valence-electron chi connectivity index (χ3n) is 5.36. The molecule has 2 atom stereocenters. The number of carbonyl (C=O) groups excluding carboxylic acids is 2. The Kier molecular flexibility index (Phi) is 4.29. The number of nitrogens with two attached hydrogens (primary N) is 1. The van der Waals surface area contributed by atoms with Crippen molar-refractivity contribution in [2.45, 2.75) is 18.5 Å². The van der Waals surface area contributed by atoms with Gasteiger partial charge in [0, 0.05) is 23.8 Å². The van der Waals surface area contributed by atoms with Crippen LogP contribution in [0.1, 0.15) is 16.1 Å². The minimum atomic E-state index is -0.465. The maximum atomic E-state index is 12.6. The van der Waals surface area contributed by atoms with Crippen molar-refractivity contribution in [3.63, 3.8) is 0 Å². The van der Waals surface area contributed by atoms with Crippen LogP contribution in [-0.4, -0.2) is 52.0 Å². The lowest BCUT2D eigenvalue weighted by Gasteiger charge is -2.56. The molecule has 3 amide bonds. The highest BCUT2D eigenvalue weighted by Gasteiger charge is 2.47. The standard InChI is InChI=1S/C19H17ClN6O2S/c20-10-1-3-11(4-2-10)24-19(28)25-7-12-5-13(8-25)26(12)18-16-14(22-9-23-18)6-15(29-16)17(21)27/h1-4,6,9,12-13H,5,7-8H2,(H2,21,27)(H,24,28)/t12-,13+. The molecule has 2 aromatic heterocycles. The van der Waals surface area contributed by atoms with Crippen LogP contribution in [0.5, 0.6) is 0 Å². The van der Waals surface area contributed by atoms with E-state index in [4.69, 9.17) is 17.3 Å². The van der Waals surface area contributed by atoms with E-state index in [2.05, 4.69) is 20.2 Å². The molecule has 3 aliphatic rings. The molecule has 29 heavy (non-hydrogen) atoms. The quantitative estimate of drug-likeness (QED) is 0.667. The fourth-order valence-corrected chi connectivity index (χ4v) is 5.09. The van der Waals surface area contributed by atoms with Gasteiger partial charge in [-0.05, 0) is 36.8 Å². The first-order valence-electron chi connectivity index (χ1n) is 9.14. The second kappa shape index (κ2) is 6.85. The van der Waals surface area contributed by atoms with Crippen LogP contribution in [0.15, 0.2) is 36.7 Å². The van der Waals surface area contributed by atoms with Crippen LogP contribution in [0, 0.1) is 0 Å². The first-order valence-corrected chi connectivity index (χ1v) is 10.3. The Labute approximate surface area is 175 Å². The number of amides is 3. The largest absolute Gasteiger partial charge is 0.365 e. The van der Waals surface area contributed by atoms with E-state index < -0.39 is 5.91 Å². The number of carbonyl (C=O) groups is 2. The lowest BCUT2D eigenvalue weighted by molar-refractivity contribution is 0.100. The van der Waals surface area contributed by atoms with Crippen molar-refractivity contribution < 1.29 is 9.59 Å². The first-order chi connectivity index (χ1) is 14.0. The summed E-state index contributed by atoms with van der Waals surface area (Å²) in [7, 11) is 0.